The number of aryl methyl sites for hydroxylation is 9. The summed E-state index contributed by atoms with van der Waals surface area (Å²) in [5.41, 5.74) is 13.7. The highest BCUT2D eigenvalue weighted by Crippen LogP contribution is 2.21. The number of carbonyl (C=O) groups excluding carboxylic acids is 3. The van der Waals surface area contributed by atoms with Gasteiger partial charge in [-0.15, -0.1) is 0 Å². The van der Waals surface area contributed by atoms with Gasteiger partial charge in [0.25, 0.3) is 0 Å². The predicted molar refractivity (Wildman–Crippen MR) is 362 cm³/mol. The summed E-state index contributed by atoms with van der Waals surface area (Å²) in [4.78, 5) is 80.1. The van der Waals surface area contributed by atoms with Gasteiger partial charge in [-0.05, 0) is 196 Å². The van der Waals surface area contributed by atoms with E-state index < -0.39 is 0 Å². The third kappa shape index (κ3) is 22.2. The van der Waals surface area contributed by atoms with Gasteiger partial charge >= 0.3 is 18.3 Å². The van der Waals surface area contributed by atoms with Crippen molar-refractivity contribution in [2.45, 2.75) is 78.8 Å². The van der Waals surface area contributed by atoms with Crippen LogP contribution in [0.5, 0.6) is 17.2 Å². The molecule has 0 radical (unpaired) electrons. The molecule has 0 bridgehead atoms. The molecular formula is C75H85N13O6. The maximum Gasteiger partial charge on any atom is 0.415 e. The van der Waals surface area contributed by atoms with Crippen LogP contribution >= 0.6 is 0 Å². The third-order valence-electron chi connectivity index (χ3n) is 16.8. The van der Waals surface area contributed by atoms with Gasteiger partial charge in [0, 0.05) is 165 Å². The van der Waals surface area contributed by atoms with Gasteiger partial charge in [0.05, 0.1) is 11.4 Å². The van der Waals surface area contributed by atoms with Crippen molar-refractivity contribution in [1.82, 2.24) is 64.3 Å². The zero-order chi connectivity index (χ0) is 65.1. The maximum atomic E-state index is 12.5. The number of piperazine rings is 3. The quantitative estimate of drug-likeness (QED) is 0.0743. The summed E-state index contributed by atoms with van der Waals surface area (Å²) in [7, 11) is 0. The topological polar surface area (TPSA) is 189 Å². The molecular weight excluding hydrogens is 1180 g/mol. The Labute approximate surface area is 552 Å². The molecule has 0 saturated carbocycles. The van der Waals surface area contributed by atoms with Gasteiger partial charge in [-0.2, -0.15) is 0 Å². The van der Waals surface area contributed by atoms with Crippen LogP contribution in [0, 0.1) is 20.8 Å². The Hall–Kier alpha value is -9.82. The molecule has 9 aromatic rings. The molecule has 3 saturated heterocycles. The number of aromatic nitrogens is 7. The van der Waals surface area contributed by atoms with Gasteiger partial charge in [0.1, 0.15) is 23.6 Å². The van der Waals surface area contributed by atoms with Crippen LogP contribution in [0.4, 0.5) is 14.4 Å². The van der Waals surface area contributed by atoms with E-state index in [1.54, 1.807) is 27.2 Å². The normalized spacial score (nSPS) is 14.4. The van der Waals surface area contributed by atoms with E-state index >= 15 is 0 Å². The highest BCUT2D eigenvalue weighted by Gasteiger charge is 2.26. The molecule has 19 heteroatoms. The number of benzene rings is 3. The van der Waals surface area contributed by atoms with Crippen LogP contribution in [-0.2, 0) is 58.0 Å². The van der Waals surface area contributed by atoms with Crippen molar-refractivity contribution in [2.75, 3.05) is 85.1 Å². The number of nitrogens with zero attached hydrogens (tertiary/aromatic N) is 13. The van der Waals surface area contributed by atoms with Crippen LogP contribution in [-0.4, -0.2) is 168 Å². The number of rotatable bonds is 19. The van der Waals surface area contributed by atoms with Crippen molar-refractivity contribution < 1.29 is 28.6 Å². The smallest absolute Gasteiger partial charge is 0.410 e. The molecule has 3 aliphatic rings. The van der Waals surface area contributed by atoms with E-state index in [-0.39, 0.29) is 18.3 Å². The van der Waals surface area contributed by atoms with Crippen molar-refractivity contribution in [2.24, 2.45) is 0 Å². The summed E-state index contributed by atoms with van der Waals surface area (Å²) in [6.45, 7) is 17.7. The average Bonchev–Trinajstić information content (AvgIpc) is 1.77. The summed E-state index contributed by atoms with van der Waals surface area (Å²) in [5.74, 6) is 1.74. The van der Waals surface area contributed by atoms with Crippen molar-refractivity contribution in [1.29, 1.82) is 0 Å². The Kier molecular flexibility index (Phi) is 25.2. The first-order chi connectivity index (χ1) is 46.0. The lowest BCUT2D eigenvalue weighted by molar-refractivity contribution is 0.107. The number of amides is 3. The first-order valence-corrected chi connectivity index (χ1v) is 32.6. The molecule has 3 amide bonds. The number of pyridine rings is 5. The molecule has 19 nitrogen and oxygen atoms in total. The van der Waals surface area contributed by atoms with Crippen LogP contribution < -0.4 is 14.2 Å². The highest BCUT2D eigenvalue weighted by molar-refractivity contribution is 5.72. The molecule has 0 atom stereocenters. The second-order valence-electron chi connectivity index (χ2n) is 24.0. The average molecular weight is 1260 g/mol. The standard InChI is InChI=1S/C26H30N4O2.C25H28N4O2.C24H27N5O2/c1-21-11-14-28-24(20-21)8-5-22-6-9-25(10-7-22)32-26(31)30-18-16-29(17-19-30)15-12-23-4-2-3-13-27-23;1-20-11-13-27-22(18-20)8-5-21-6-9-24(10-7-21)31-25(30)29-16-14-28(15-17-29)19-23-4-2-3-12-26-23;1-19-8-11-26-21(16-19)5-2-20-3-6-23(7-4-20)31-24(30)29-14-12-28(13-15-29)17-22-9-10-25-18-27-22/h2-4,6-7,9-11,13-14,20H,5,8,12,15-19H2,1H3;2-4,6-7,9-13,18H,5,8,14-17,19H2,1H3;3-4,6-11,16,18H,2,5,12-15,17H2,1H3. The van der Waals surface area contributed by atoms with E-state index in [2.05, 4.69) is 94.6 Å². The van der Waals surface area contributed by atoms with Crippen LogP contribution in [0.1, 0.15) is 67.5 Å². The largest absolute Gasteiger partial charge is 0.415 e. The van der Waals surface area contributed by atoms with E-state index in [9.17, 15) is 14.4 Å². The van der Waals surface area contributed by atoms with Gasteiger partial charge in [0.2, 0.25) is 0 Å². The monoisotopic (exact) mass is 1260 g/mol. The molecule has 486 valence electrons. The lowest BCUT2D eigenvalue weighted by Crippen LogP contribution is -2.49. The van der Waals surface area contributed by atoms with Gasteiger partial charge in [0.15, 0.2) is 0 Å². The number of carbonyl (C=O) groups is 3. The van der Waals surface area contributed by atoms with Crippen molar-refractivity contribution >= 4 is 18.3 Å². The Morgan fingerprint density at radius 2 is 0.681 bits per heavy atom. The summed E-state index contributed by atoms with van der Waals surface area (Å²) in [5, 5.41) is 0. The van der Waals surface area contributed by atoms with E-state index in [1.807, 2.05) is 158 Å². The SMILES string of the molecule is Cc1ccnc(CCc2ccc(OC(=O)N3CCN(CCc4ccccn4)CC3)cc2)c1.Cc1ccnc(CCc2ccc(OC(=O)N3CCN(Cc4ccccn4)CC3)cc2)c1.Cc1ccnc(CCc2ccc(OC(=O)N3CCN(Cc4ccncn4)CC3)cc2)c1. The minimum Gasteiger partial charge on any atom is -0.410 e. The second-order valence-corrected chi connectivity index (χ2v) is 24.0. The fraction of sp³-hybridized carbons (Fsp3) is 0.333. The molecule has 3 aromatic carbocycles. The first kappa shape index (κ1) is 67.1. The van der Waals surface area contributed by atoms with Gasteiger partial charge in [-0.1, -0.05) is 48.5 Å². The van der Waals surface area contributed by atoms with E-state index in [1.165, 1.54) is 33.4 Å². The highest BCUT2D eigenvalue weighted by atomic mass is 16.6. The minimum atomic E-state index is -0.293. The summed E-state index contributed by atoms with van der Waals surface area (Å²) >= 11 is 0. The van der Waals surface area contributed by atoms with Crippen LogP contribution in [0.25, 0.3) is 0 Å². The molecule has 0 aliphatic carbocycles. The van der Waals surface area contributed by atoms with E-state index in [0.717, 1.165) is 138 Å². The molecule has 9 heterocycles. The van der Waals surface area contributed by atoms with Crippen LogP contribution in [0.15, 0.2) is 195 Å². The first-order valence-electron chi connectivity index (χ1n) is 32.6. The van der Waals surface area contributed by atoms with Crippen LogP contribution in [0.3, 0.4) is 0 Å². The summed E-state index contributed by atoms with van der Waals surface area (Å²) < 4.78 is 16.8. The Morgan fingerprint density at radius 1 is 0.330 bits per heavy atom. The Balaban J connectivity index is 0.000000154. The van der Waals surface area contributed by atoms with Gasteiger partial charge in [-0.25, -0.2) is 24.4 Å². The predicted octanol–water partition coefficient (Wildman–Crippen LogP) is 11.1. The van der Waals surface area contributed by atoms with Gasteiger partial charge < -0.3 is 28.9 Å². The maximum absolute atomic E-state index is 12.5. The molecule has 3 aliphatic heterocycles. The fourth-order valence-corrected chi connectivity index (χ4v) is 11.2. The van der Waals surface area contributed by atoms with E-state index in [0.29, 0.717) is 56.5 Å². The van der Waals surface area contributed by atoms with Crippen molar-refractivity contribution in [3.05, 3.63) is 263 Å². The van der Waals surface area contributed by atoms with Gasteiger partial charge in [-0.3, -0.25) is 39.6 Å². The number of hydrogen-bond acceptors (Lipinski definition) is 16. The molecule has 0 spiro atoms. The van der Waals surface area contributed by atoms with Crippen LogP contribution in [0.2, 0.25) is 0 Å². The summed E-state index contributed by atoms with van der Waals surface area (Å²) in [6.07, 6.45) is 18.0. The minimum absolute atomic E-state index is 0.272. The van der Waals surface area contributed by atoms with Crippen molar-refractivity contribution in [3.63, 3.8) is 0 Å². The fourth-order valence-electron chi connectivity index (χ4n) is 11.2. The van der Waals surface area contributed by atoms with Crippen molar-refractivity contribution in [3.8, 4) is 17.2 Å². The third-order valence-corrected chi connectivity index (χ3v) is 16.8. The molecule has 6 aromatic heterocycles. The molecule has 12 rings (SSSR count). The number of ether oxygens (including phenoxy) is 3. The Morgan fingerprint density at radius 3 is 1.02 bits per heavy atom. The molecule has 0 unspecified atom stereocenters. The van der Waals surface area contributed by atoms with E-state index in [4.69, 9.17) is 14.2 Å². The molecule has 3 fully saturated rings. The zero-order valence-electron chi connectivity index (χ0n) is 54.3. The lowest BCUT2D eigenvalue weighted by Gasteiger charge is -2.33. The lowest BCUT2D eigenvalue weighted by atomic mass is 10.1. The molecule has 0 N–H and O–H groups in total. The number of hydrogen-bond donors (Lipinski definition) is 0. The molecule has 94 heavy (non-hydrogen) atoms. The summed E-state index contributed by atoms with van der Waals surface area (Å²) in [6, 6.07) is 49.6. The second kappa shape index (κ2) is 35.3. The zero-order valence-corrected chi connectivity index (χ0v) is 54.3. The Bertz CT molecular complexity index is 3590.